The van der Waals surface area contributed by atoms with Crippen LogP contribution < -0.4 is 0 Å². The molecule has 0 aliphatic carbocycles. The summed E-state index contributed by atoms with van der Waals surface area (Å²) in [5.41, 5.74) is 0. The molecule has 0 spiro atoms. The summed E-state index contributed by atoms with van der Waals surface area (Å²) in [6.45, 7) is 1.21. The molecule has 2 N–H and O–H groups in total. The maximum Gasteiger partial charge on any atom is 0.350 e. The maximum absolute atomic E-state index is 10.3. The lowest BCUT2D eigenvalue weighted by Crippen LogP contribution is -2.12. The van der Waals surface area contributed by atoms with Crippen LogP contribution in [0.4, 0.5) is 0 Å². The average Bonchev–Trinajstić information content (AvgIpc) is 1.54. The third-order valence-corrected chi connectivity index (χ3v) is 2.42. The molecule has 0 amide bonds. The molecule has 7 heteroatoms. The lowest BCUT2D eigenvalue weighted by molar-refractivity contribution is -0.131. The van der Waals surface area contributed by atoms with Gasteiger partial charge in [-0.25, -0.2) is 4.79 Å². The average molecular weight is 245 g/mol. The zero-order valence-corrected chi connectivity index (χ0v) is 7.81. The van der Waals surface area contributed by atoms with Gasteiger partial charge in [-0.2, -0.15) is 8.42 Å². The number of carboxylic acids is 1. The van der Waals surface area contributed by atoms with Crippen molar-refractivity contribution in [2.75, 3.05) is 0 Å². The Morgan fingerprint density at radius 2 is 1.82 bits per heavy atom. The van der Waals surface area contributed by atoms with Crippen LogP contribution in [-0.4, -0.2) is 24.0 Å². The van der Waals surface area contributed by atoms with Crippen molar-refractivity contribution in [3.05, 3.63) is 9.39 Å². The Balaban J connectivity index is 5.32. The number of hydrogen-bond acceptors (Lipinski definition) is 3. The molecule has 0 aromatic heterocycles. The predicted octanol–water partition coefficient (Wildman–Crippen LogP) is 0.585. The van der Waals surface area contributed by atoms with E-state index >= 15 is 0 Å². The van der Waals surface area contributed by atoms with Crippen LogP contribution in [-0.2, 0) is 14.9 Å². The minimum atomic E-state index is -4.63. The predicted molar refractivity (Wildman–Crippen MR) is 40.8 cm³/mol. The highest BCUT2D eigenvalue weighted by molar-refractivity contribution is 9.11. The first-order chi connectivity index (χ1) is 4.76. The van der Waals surface area contributed by atoms with Crippen LogP contribution in [0.25, 0.3) is 0 Å². The lowest BCUT2D eigenvalue weighted by atomic mass is 10.5. The number of carbonyl (C=O) groups is 1. The lowest BCUT2D eigenvalue weighted by Gasteiger charge is -1.97. The van der Waals surface area contributed by atoms with E-state index in [-0.39, 0.29) is 4.48 Å². The third-order valence-electron chi connectivity index (χ3n) is 0.765. The summed E-state index contributed by atoms with van der Waals surface area (Å²) in [5.74, 6) is -1.69. The van der Waals surface area contributed by atoms with E-state index in [0.29, 0.717) is 0 Å². The van der Waals surface area contributed by atoms with Gasteiger partial charge in [-0.3, -0.25) is 4.55 Å². The van der Waals surface area contributed by atoms with Crippen molar-refractivity contribution >= 4 is 32.0 Å². The van der Waals surface area contributed by atoms with Gasteiger partial charge in [0.2, 0.25) is 0 Å². The molecule has 0 fully saturated rings. The first-order valence-corrected chi connectivity index (χ1v) is 4.57. The molecule has 0 heterocycles. The minimum absolute atomic E-state index is 0.146. The second kappa shape index (κ2) is 3.33. The van der Waals surface area contributed by atoms with Crippen LogP contribution in [0.2, 0.25) is 0 Å². The van der Waals surface area contributed by atoms with Gasteiger partial charge in [-0.1, -0.05) is 15.9 Å². The second-order valence-electron chi connectivity index (χ2n) is 1.64. The largest absolute Gasteiger partial charge is 0.477 e. The molecule has 0 aliphatic heterocycles. The molecule has 0 bridgehead atoms. The van der Waals surface area contributed by atoms with E-state index < -0.39 is 21.0 Å². The molecule has 64 valence electrons. The van der Waals surface area contributed by atoms with Crippen molar-refractivity contribution in [1.29, 1.82) is 0 Å². The quantitative estimate of drug-likeness (QED) is 0.548. The van der Waals surface area contributed by atoms with Gasteiger partial charge in [-0.15, -0.1) is 0 Å². The fraction of sp³-hybridized carbons (Fsp3) is 0.250. The summed E-state index contributed by atoms with van der Waals surface area (Å²) in [6.07, 6.45) is 0. The Morgan fingerprint density at radius 3 is 1.82 bits per heavy atom. The van der Waals surface area contributed by atoms with Crippen LogP contribution >= 0.6 is 15.9 Å². The fourth-order valence-corrected chi connectivity index (χ4v) is 1.79. The first kappa shape index (κ1) is 10.6. The highest BCUT2D eigenvalue weighted by Crippen LogP contribution is 2.15. The van der Waals surface area contributed by atoms with Gasteiger partial charge >= 0.3 is 16.1 Å². The van der Waals surface area contributed by atoms with E-state index in [1.54, 1.807) is 0 Å². The topological polar surface area (TPSA) is 91.7 Å². The molecule has 0 saturated carbocycles. The highest BCUT2D eigenvalue weighted by Gasteiger charge is 2.23. The van der Waals surface area contributed by atoms with E-state index in [1.165, 1.54) is 6.92 Å². The molecular formula is C4H5BrO5S. The van der Waals surface area contributed by atoms with Crippen molar-refractivity contribution in [2.24, 2.45) is 0 Å². The van der Waals surface area contributed by atoms with Gasteiger partial charge in [0.25, 0.3) is 0 Å². The fourth-order valence-electron chi connectivity index (χ4n) is 0.435. The molecule has 0 aliphatic rings. The normalized spacial score (nSPS) is 14.1. The van der Waals surface area contributed by atoms with Crippen molar-refractivity contribution in [3.63, 3.8) is 0 Å². The van der Waals surface area contributed by atoms with Crippen LogP contribution in [0.15, 0.2) is 9.39 Å². The molecule has 0 unspecified atom stereocenters. The number of allylic oxidation sites excluding steroid dienone is 1. The SMILES string of the molecule is C/C(Br)=C(/C(=O)O)S(=O)(=O)O. The van der Waals surface area contributed by atoms with Crippen LogP contribution in [0.5, 0.6) is 0 Å². The number of halogens is 1. The second-order valence-corrected chi connectivity index (χ2v) is 4.19. The molecule has 0 aromatic rings. The summed E-state index contributed by atoms with van der Waals surface area (Å²) < 4.78 is 28.8. The first-order valence-electron chi connectivity index (χ1n) is 2.34. The van der Waals surface area contributed by atoms with E-state index in [1.807, 2.05) is 0 Å². The van der Waals surface area contributed by atoms with Gasteiger partial charge in [0.05, 0.1) is 0 Å². The molecule has 0 aromatic carbocycles. The summed E-state index contributed by atoms with van der Waals surface area (Å²) in [4.78, 5) is 9.12. The zero-order chi connectivity index (χ0) is 9.23. The van der Waals surface area contributed by atoms with Gasteiger partial charge in [-0.05, 0) is 6.92 Å². The van der Waals surface area contributed by atoms with Crippen molar-refractivity contribution in [1.82, 2.24) is 0 Å². The zero-order valence-electron chi connectivity index (χ0n) is 5.41. The van der Waals surface area contributed by atoms with E-state index in [0.717, 1.165) is 0 Å². The Bertz CT molecular complexity index is 296. The Morgan fingerprint density at radius 1 is 1.45 bits per heavy atom. The van der Waals surface area contributed by atoms with Crippen molar-refractivity contribution < 1.29 is 22.9 Å². The van der Waals surface area contributed by atoms with Gasteiger partial charge in [0.15, 0.2) is 4.91 Å². The minimum Gasteiger partial charge on any atom is -0.477 e. The van der Waals surface area contributed by atoms with Crippen LogP contribution in [0.1, 0.15) is 6.92 Å². The third kappa shape index (κ3) is 3.00. The summed E-state index contributed by atoms with van der Waals surface area (Å²) in [6, 6.07) is 0. The van der Waals surface area contributed by atoms with E-state index in [2.05, 4.69) is 15.9 Å². The standard InChI is InChI=1S/C4H5BrO5S/c1-2(5)3(4(6)7)11(8,9)10/h1H3,(H,6,7)(H,8,9,10)/b3-2+. The molecular weight excluding hydrogens is 240 g/mol. The summed E-state index contributed by atoms with van der Waals surface area (Å²) in [7, 11) is -4.63. The summed E-state index contributed by atoms with van der Waals surface area (Å²) in [5, 5.41) is 8.25. The highest BCUT2D eigenvalue weighted by atomic mass is 79.9. The molecule has 0 rings (SSSR count). The molecule has 11 heavy (non-hydrogen) atoms. The number of rotatable bonds is 2. The summed E-state index contributed by atoms with van der Waals surface area (Å²) >= 11 is 2.64. The smallest absolute Gasteiger partial charge is 0.350 e. The Hall–Kier alpha value is -0.400. The van der Waals surface area contributed by atoms with Gasteiger partial charge in [0.1, 0.15) is 0 Å². The monoisotopic (exact) mass is 244 g/mol. The number of aliphatic carboxylic acids is 1. The van der Waals surface area contributed by atoms with Crippen molar-refractivity contribution in [2.45, 2.75) is 6.92 Å². The van der Waals surface area contributed by atoms with Gasteiger partial charge < -0.3 is 5.11 Å². The molecule has 0 saturated heterocycles. The Kier molecular flexibility index (Phi) is 3.21. The number of hydrogen-bond donors (Lipinski definition) is 2. The van der Waals surface area contributed by atoms with E-state index in [9.17, 15) is 13.2 Å². The van der Waals surface area contributed by atoms with Crippen LogP contribution in [0, 0.1) is 0 Å². The van der Waals surface area contributed by atoms with E-state index in [4.69, 9.17) is 9.66 Å². The maximum atomic E-state index is 10.3. The van der Waals surface area contributed by atoms with Crippen LogP contribution in [0.3, 0.4) is 0 Å². The molecule has 0 atom stereocenters. The molecule has 0 radical (unpaired) electrons. The van der Waals surface area contributed by atoms with Gasteiger partial charge in [0, 0.05) is 4.48 Å². The number of carboxylic acid groups (broad SMARTS) is 1. The Labute approximate surface area is 71.6 Å². The molecule has 5 nitrogen and oxygen atoms in total. The van der Waals surface area contributed by atoms with Crippen molar-refractivity contribution in [3.8, 4) is 0 Å².